The van der Waals surface area contributed by atoms with Crippen molar-refractivity contribution in [1.29, 1.82) is 0 Å². The third kappa shape index (κ3) is 2.72. The number of nitrogens with zero attached hydrogens (tertiary/aromatic N) is 1. The highest BCUT2D eigenvalue weighted by atomic mass is 35.5. The van der Waals surface area contributed by atoms with Crippen molar-refractivity contribution in [2.75, 3.05) is 0 Å². The van der Waals surface area contributed by atoms with Crippen molar-refractivity contribution in [3.8, 4) is 0 Å². The molecule has 1 saturated carbocycles. The van der Waals surface area contributed by atoms with Gasteiger partial charge in [0.15, 0.2) is 0 Å². The standard InChI is InChI=1S/C14H14ClNO4/c1-14(2)6-11(17)13(12(18)7-14)9-4-3-8(16(19)20)5-10(9)15/h3-5,13H,6-7H2,1-2H3. The fraction of sp³-hybridized carbons (Fsp3) is 0.429. The maximum Gasteiger partial charge on any atom is 0.270 e. The summed E-state index contributed by atoms with van der Waals surface area (Å²) in [6.45, 7) is 3.74. The van der Waals surface area contributed by atoms with Crippen LogP contribution in [0.2, 0.25) is 5.02 Å². The van der Waals surface area contributed by atoms with E-state index in [1.54, 1.807) is 0 Å². The molecule has 1 fully saturated rings. The highest BCUT2D eigenvalue weighted by Crippen LogP contribution is 2.40. The fourth-order valence-corrected chi connectivity index (χ4v) is 2.88. The van der Waals surface area contributed by atoms with Crippen LogP contribution >= 0.6 is 11.6 Å². The van der Waals surface area contributed by atoms with Gasteiger partial charge in [0.05, 0.1) is 9.95 Å². The lowest BCUT2D eigenvalue weighted by Gasteiger charge is -2.32. The Morgan fingerprint density at radius 1 is 1.25 bits per heavy atom. The molecule has 5 nitrogen and oxygen atoms in total. The van der Waals surface area contributed by atoms with Crippen molar-refractivity contribution < 1.29 is 14.5 Å². The number of nitro benzene ring substituents is 1. The predicted molar refractivity (Wildman–Crippen MR) is 73.9 cm³/mol. The molecule has 6 heteroatoms. The summed E-state index contributed by atoms with van der Waals surface area (Å²) in [6, 6.07) is 3.85. The largest absolute Gasteiger partial charge is 0.299 e. The molecule has 1 aromatic carbocycles. The lowest BCUT2D eigenvalue weighted by atomic mass is 9.69. The van der Waals surface area contributed by atoms with Crippen LogP contribution in [-0.4, -0.2) is 16.5 Å². The highest BCUT2D eigenvalue weighted by Gasteiger charge is 2.41. The van der Waals surface area contributed by atoms with Crippen LogP contribution < -0.4 is 0 Å². The molecule has 1 aliphatic carbocycles. The molecular formula is C14H14ClNO4. The molecule has 0 saturated heterocycles. The van der Waals surface area contributed by atoms with Gasteiger partial charge in [0.25, 0.3) is 5.69 Å². The van der Waals surface area contributed by atoms with E-state index in [1.165, 1.54) is 18.2 Å². The van der Waals surface area contributed by atoms with Crippen LogP contribution in [0.15, 0.2) is 18.2 Å². The SMILES string of the molecule is CC1(C)CC(=O)C(c2ccc([N+](=O)[O-])cc2Cl)C(=O)C1. The van der Waals surface area contributed by atoms with Gasteiger partial charge in [-0.05, 0) is 17.0 Å². The van der Waals surface area contributed by atoms with E-state index in [2.05, 4.69) is 0 Å². The molecule has 1 aliphatic rings. The number of ketones is 2. The molecule has 0 heterocycles. The normalized spacial score (nSPS) is 19.1. The highest BCUT2D eigenvalue weighted by molar-refractivity contribution is 6.32. The topological polar surface area (TPSA) is 77.3 Å². The van der Waals surface area contributed by atoms with Crippen molar-refractivity contribution in [2.45, 2.75) is 32.6 Å². The summed E-state index contributed by atoms with van der Waals surface area (Å²) in [6.07, 6.45) is 0.605. The van der Waals surface area contributed by atoms with Crippen LogP contribution in [0, 0.1) is 15.5 Å². The molecule has 0 aliphatic heterocycles. The Labute approximate surface area is 121 Å². The summed E-state index contributed by atoms with van der Waals surface area (Å²) >= 11 is 6.00. The van der Waals surface area contributed by atoms with E-state index < -0.39 is 10.8 Å². The van der Waals surface area contributed by atoms with Crippen molar-refractivity contribution in [3.05, 3.63) is 38.9 Å². The van der Waals surface area contributed by atoms with Crippen LogP contribution in [0.5, 0.6) is 0 Å². The second kappa shape index (κ2) is 4.98. The Balaban J connectivity index is 2.39. The number of carbonyl (C=O) groups is 2. The van der Waals surface area contributed by atoms with Gasteiger partial charge in [0.1, 0.15) is 17.5 Å². The number of halogens is 1. The Kier molecular flexibility index (Phi) is 3.65. The first kappa shape index (κ1) is 14.7. The Hall–Kier alpha value is -1.75. The van der Waals surface area contributed by atoms with Crippen molar-refractivity contribution in [3.63, 3.8) is 0 Å². The number of hydrogen-bond acceptors (Lipinski definition) is 4. The van der Waals surface area contributed by atoms with E-state index in [4.69, 9.17) is 11.6 Å². The van der Waals surface area contributed by atoms with Gasteiger partial charge in [-0.3, -0.25) is 19.7 Å². The molecule has 106 valence electrons. The number of carbonyl (C=O) groups excluding carboxylic acids is 2. The minimum atomic E-state index is -0.892. The minimum absolute atomic E-state index is 0.0885. The van der Waals surface area contributed by atoms with E-state index in [-0.39, 0.29) is 27.7 Å². The zero-order valence-electron chi connectivity index (χ0n) is 11.2. The monoisotopic (exact) mass is 295 g/mol. The number of nitro groups is 1. The summed E-state index contributed by atoms with van der Waals surface area (Å²) in [4.78, 5) is 34.5. The quantitative estimate of drug-likeness (QED) is 0.476. The molecule has 20 heavy (non-hydrogen) atoms. The molecule has 0 spiro atoms. The lowest BCUT2D eigenvalue weighted by molar-refractivity contribution is -0.384. The molecule has 0 bridgehead atoms. The zero-order chi connectivity index (χ0) is 15.1. The van der Waals surface area contributed by atoms with E-state index in [9.17, 15) is 19.7 Å². The van der Waals surface area contributed by atoms with Gasteiger partial charge >= 0.3 is 0 Å². The van der Waals surface area contributed by atoms with Crippen molar-refractivity contribution in [2.24, 2.45) is 5.41 Å². The molecule has 0 amide bonds. The van der Waals surface area contributed by atoms with Crippen molar-refractivity contribution in [1.82, 2.24) is 0 Å². The second-order valence-electron chi connectivity index (χ2n) is 5.85. The molecule has 2 rings (SSSR count). The third-order valence-electron chi connectivity index (χ3n) is 3.46. The summed E-state index contributed by atoms with van der Waals surface area (Å²) < 4.78 is 0. The minimum Gasteiger partial charge on any atom is -0.299 e. The van der Waals surface area contributed by atoms with Gasteiger partial charge < -0.3 is 0 Å². The Bertz CT molecular complexity index is 589. The number of benzene rings is 1. The number of rotatable bonds is 2. The van der Waals surface area contributed by atoms with E-state index in [1.807, 2.05) is 13.8 Å². The first-order valence-electron chi connectivity index (χ1n) is 6.20. The molecule has 0 unspecified atom stereocenters. The Morgan fingerprint density at radius 3 is 2.25 bits per heavy atom. The van der Waals surface area contributed by atoms with E-state index in [0.29, 0.717) is 18.4 Å². The van der Waals surface area contributed by atoms with Crippen LogP contribution in [0.4, 0.5) is 5.69 Å². The van der Waals surface area contributed by atoms with Gasteiger partial charge in [0, 0.05) is 25.0 Å². The second-order valence-corrected chi connectivity index (χ2v) is 6.25. The summed E-state index contributed by atoms with van der Waals surface area (Å²) in [5.74, 6) is -1.25. The maximum absolute atomic E-state index is 12.2. The van der Waals surface area contributed by atoms with Crippen LogP contribution in [0.3, 0.4) is 0 Å². The van der Waals surface area contributed by atoms with Gasteiger partial charge in [-0.25, -0.2) is 0 Å². The molecule has 0 aromatic heterocycles. The molecule has 1 aromatic rings. The number of Topliss-reactive ketones (excluding diaryl/α,β-unsaturated/α-hetero) is 2. The first-order valence-corrected chi connectivity index (χ1v) is 6.58. The van der Waals surface area contributed by atoms with Gasteiger partial charge in [-0.15, -0.1) is 0 Å². The number of non-ortho nitro benzene ring substituents is 1. The lowest BCUT2D eigenvalue weighted by Crippen LogP contribution is -2.36. The Morgan fingerprint density at radius 2 is 1.80 bits per heavy atom. The summed E-state index contributed by atoms with van der Waals surface area (Å²) in [5, 5.41) is 10.8. The van der Waals surface area contributed by atoms with Crippen LogP contribution in [0.25, 0.3) is 0 Å². The summed E-state index contributed by atoms with van der Waals surface area (Å²) in [5.41, 5.74) is -0.129. The van der Waals surface area contributed by atoms with E-state index >= 15 is 0 Å². The van der Waals surface area contributed by atoms with Crippen LogP contribution in [-0.2, 0) is 9.59 Å². The third-order valence-corrected chi connectivity index (χ3v) is 3.78. The zero-order valence-corrected chi connectivity index (χ0v) is 11.9. The first-order chi connectivity index (χ1) is 9.21. The van der Waals surface area contributed by atoms with Gasteiger partial charge in [-0.1, -0.05) is 25.4 Å². The van der Waals surface area contributed by atoms with E-state index in [0.717, 1.165) is 0 Å². The predicted octanol–water partition coefficient (Wildman–Crippen LogP) is 3.29. The smallest absolute Gasteiger partial charge is 0.270 e. The van der Waals surface area contributed by atoms with Crippen LogP contribution in [0.1, 0.15) is 38.2 Å². The molecule has 0 radical (unpaired) electrons. The van der Waals surface area contributed by atoms with Crippen molar-refractivity contribution >= 4 is 28.9 Å². The summed E-state index contributed by atoms with van der Waals surface area (Å²) in [7, 11) is 0. The maximum atomic E-state index is 12.2. The fourth-order valence-electron chi connectivity index (χ4n) is 2.60. The van der Waals surface area contributed by atoms with Gasteiger partial charge in [0.2, 0.25) is 0 Å². The molecular weight excluding hydrogens is 282 g/mol. The number of hydrogen-bond donors (Lipinski definition) is 0. The van der Waals surface area contributed by atoms with Gasteiger partial charge in [-0.2, -0.15) is 0 Å². The molecule has 0 atom stereocenters. The molecule has 0 N–H and O–H groups in total. The average molecular weight is 296 g/mol. The average Bonchev–Trinajstić information content (AvgIpc) is 2.28.